The summed E-state index contributed by atoms with van der Waals surface area (Å²) >= 11 is 6.37. The largest absolute Gasteiger partial charge is 0.459 e. The van der Waals surface area contributed by atoms with E-state index < -0.39 is 0 Å². The number of ether oxygens (including phenoxy) is 1. The summed E-state index contributed by atoms with van der Waals surface area (Å²) in [6.45, 7) is 6.83. The maximum atomic E-state index is 12.4. The van der Waals surface area contributed by atoms with E-state index in [0.717, 1.165) is 41.9 Å². The Balaban J connectivity index is 1.70. The van der Waals surface area contributed by atoms with Gasteiger partial charge in [0.15, 0.2) is 0 Å². The zero-order valence-corrected chi connectivity index (χ0v) is 20.6. The summed E-state index contributed by atoms with van der Waals surface area (Å²) in [6.07, 6.45) is 6.82. The third-order valence-corrected chi connectivity index (χ3v) is 7.02. The van der Waals surface area contributed by atoms with Gasteiger partial charge in [0.1, 0.15) is 0 Å². The van der Waals surface area contributed by atoms with Gasteiger partial charge in [0.2, 0.25) is 0 Å². The molecule has 1 saturated carbocycles. The molecule has 0 heterocycles. The van der Waals surface area contributed by atoms with E-state index in [1.807, 2.05) is 50.2 Å². The van der Waals surface area contributed by atoms with Crippen LogP contribution in [0.3, 0.4) is 0 Å². The molecule has 0 aromatic heterocycles. The molecule has 0 amide bonds. The molecule has 5 nitrogen and oxygen atoms in total. The second-order valence-corrected chi connectivity index (χ2v) is 10.1. The van der Waals surface area contributed by atoms with Crippen molar-refractivity contribution in [3.05, 3.63) is 58.1 Å². The fraction of sp³-hybridized carbons (Fsp3) is 0.481. The van der Waals surface area contributed by atoms with Crippen molar-refractivity contribution in [1.82, 2.24) is 0 Å². The Hall–Kier alpha value is -2.53. The van der Waals surface area contributed by atoms with Gasteiger partial charge in [-0.05, 0) is 81.3 Å². The number of rotatable bonds is 6. The first-order chi connectivity index (χ1) is 15.8. The topological polar surface area (TPSA) is 67.9 Å². The summed E-state index contributed by atoms with van der Waals surface area (Å²) in [5.74, 6) is 0.669. The van der Waals surface area contributed by atoms with E-state index in [1.54, 1.807) is 0 Å². The molecule has 2 aliphatic rings. The number of hydrogen-bond donors (Lipinski definition) is 1. The third kappa shape index (κ3) is 5.52. The molecule has 4 rings (SSSR count). The van der Waals surface area contributed by atoms with Gasteiger partial charge in [0.25, 0.3) is 0 Å². The lowest BCUT2D eigenvalue weighted by atomic mass is 9.82. The second-order valence-electron chi connectivity index (χ2n) is 9.69. The first-order valence-electron chi connectivity index (χ1n) is 12.1. The smallest absolute Gasteiger partial charge is 0.338 e. The summed E-state index contributed by atoms with van der Waals surface area (Å²) in [4.78, 5) is 12.4. The molecule has 2 aliphatic carbocycles. The van der Waals surface area contributed by atoms with Crippen molar-refractivity contribution in [2.45, 2.75) is 65.4 Å². The van der Waals surface area contributed by atoms with Crippen molar-refractivity contribution in [2.75, 3.05) is 17.3 Å². The van der Waals surface area contributed by atoms with Gasteiger partial charge in [-0.25, -0.2) is 4.79 Å². The average molecular weight is 468 g/mol. The van der Waals surface area contributed by atoms with Gasteiger partial charge in [0, 0.05) is 18.0 Å². The number of anilines is 2. The highest BCUT2D eigenvalue weighted by Crippen LogP contribution is 2.33. The molecule has 0 bridgehead atoms. The highest BCUT2D eigenvalue weighted by molar-refractivity contribution is 6.33. The minimum absolute atomic E-state index is 0.137. The van der Waals surface area contributed by atoms with E-state index in [0.29, 0.717) is 28.1 Å². The van der Waals surface area contributed by atoms with Gasteiger partial charge in [-0.1, -0.05) is 37.4 Å². The molecule has 2 N–H and O–H groups in total. The van der Waals surface area contributed by atoms with Crippen LogP contribution in [-0.2, 0) is 11.2 Å². The maximum Gasteiger partial charge on any atom is 0.338 e. The zero-order valence-electron chi connectivity index (χ0n) is 19.8. The molecular formula is C27H34ClN3O2. The van der Waals surface area contributed by atoms with Crippen molar-refractivity contribution in [3.63, 3.8) is 0 Å². The Labute approximate surface area is 201 Å². The first-order valence-corrected chi connectivity index (χ1v) is 12.4. The SMILES string of the molecule is CC(C)OC(=O)c1ccc2c(c1)CCC(C)/C2=N\N(CC1CCCC1)c1ccc(N)c(Cl)c1. The molecule has 33 heavy (non-hydrogen) atoms. The summed E-state index contributed by atoms with van der Waals surface area (Å²) in [7, 11) is 0. The number of aryl methyl sites for hydroxylation is 1. The van der Waals surface area contributed by atoms with Gasteiger partial charge >= 0.3 is 5.97 Å². The number of nitrogens with zero attached hydrogens (tertiary/aromatic N) is 2. The summed E-state index contributed by atoms with van der Waals surface area (Å²) in [6, 6.07) is 11.6. The van der Waals surface area contributed by atoms with E-state index in [2.05, 4.69) is 11.9 Å². The number of benzene rings is 2. The lowest BCUT2D eigenvalue weighted by molar-refractivity contribution is 0.0377. The number of hydrogen-bond acceptors (Lipinski definition) is 5. The summed E-state index contributed by atoms with van der Waals surface area (Å²) < 4.78 is 5.39. The molecule has 1 atom stereocenters. The van der Waals surface area contributed by atoms with Gasteiger partial charge < -0.3 is 10.5 Å². The Morgan fingerprint density at radius 3 is 2.64 bits per heavy atom. The summed E-state index contributed by atoms with van der Waals surface area (Å²) in [5, 5.41) is 7.88. The van der Waals surface area contributed by atoms with Crippen LogP contribution in [0.2, 0.25) is 5.02 Å². The molecule has 0 radical (unpaired) electrons. The average Bonchev–Trinajstić information content (AvgIpc) is 3.29. The number of fused-ring (bicyclic) bond motifs is 1. The van der Waals surface area contributed by atoms with Crippen LogP contribution < -0.4 is 10.7 Å². The lowest BCUT2D eigenvalue weighted by Gasteiger charge is -2.29. The predicted octanol–water partition coefficient (Wildman–Crippen LogP) is 6.47. The Kier molecular flexibility index (Phi) is 7.28. The second kappa shape index (κ2) is 10.2. The van der Waals surface area contributed by atoms with Crippen LogP contribution in [0.25, 0.3) is 0 Å². The molecule has 2 aromatic carbocycles. The van der Waals surface area contributed by atoms with Crippen molar-refractivity contribution < 1.29 is 9.53 Å². The number of hydrazone groups is 1. The van der Waals surface area contributed by atoms with Gasteiger partial charge in [-0.3, -0.25) is 5.01 Å². The van der Waals surface area contributed by atoms with E-state index in [9.17, 15) is 4.79 Å². The molecule has 6 heteroatoms. The van der Waals surface area contributed by atoms with Gasteiger partial charge in [-0.2, -0.15) is 5.10 Å². The van der Waals surface area contributed by atoms with Gasteiger partial charge in [0.05, 0.1) is 33.8 Å². The first kappa shape index (κ1) is 23.6. The summed E-state index contributed by atoms with van der Waals surface area (Å²) in [5.41, 5.74) is 11.4. The maximum absolute atomic E-state index is 12.4. The highest BCUT2D eigenvalue weighted by Gasteiger charge is 2.26. The Morgan fingerprint density at radius 2 is 1.94 bits per heavy atom. The Morgan fingerprint density at radius 1 is 1.18 bits per heavy atom. The quantitative estimate of drug-likeness (QED) is 0.300. The molecule has 1 unspecified atom stereocenters. The molecule has 0 saturated heterocycles. The third-order valence-electron chi connectivity index (χ3n) is 6.69. The van der Waals surface area contributed by atoms with E-state index in [4.69, 9.17) is 27.2 Å². The fourth-order valence-electron chi connectivity index (χ4n) is 4.83. The minimum atomic E-state index is -0.274. The number of halogens is 1. The number of carbonyl (C=O) groups is 1. The lowest BCUT2D eigenvalue weighted by Crippen LogP contribution is -2.29. The number of nitrogen functional groups attached to an aromatic ring is 1. The molecule has 176 valence electrons. The van der Waals surface area contributed by atoms with Crippen LogP contribution in [0.5, 0.6) is 0 Å². The van der Waals surface area contributed by atoms with Crippen molar-refractivity contribution in [3.8, 4) is 0 Å². The van der Waals surface area contributed by atoms with Crippen LogP contribution in [0, 0.1) is 11.8 Å². The predicted molar refractivity (Wildman–Crippen MR) is 136 cm³/mol. The van der Waals surface area contributed by atoms with E-state index >= 15 is 0 Å². The van der Waals surface area contributed by atoms with Crippen molar-refractivity contribution in [1.29, 1.82) is 0 Å². The zero-order chi connectivity index (χ0) is 23.5. The van der Waals surface area contributed by atoms with E-state index in [-0.39, 0.29) is 12.1 Å². The highest BCUT2D eigenvalue weighted by atomic mass is 35.5. The van der Waals surface area contributed by atoms with Crippen LogP contribution in [0.4, 0.5) is 11.4 Å². The molecule has 2 aromatic rings. The monoisotopic (exact) mass is 467 g/mol. The van der Waals surface area contributed by atoms with Crippen LogP contribution in [0.15, 0.2) is 41.5 Å². The molecule has 1 fully saturated rings. The van der Waals surface area contributed by atoms with E-state index in [1.165, 1.54) is 25.7 Å². The molecule has 0 spiro atoms. The number of nitrogens with two attached hydrogens (primary N) is 1. The Bertz CT molecular complexity index is 1040. The van der Waals surface area contributed by atoms with Crippen LogP contribution >= 0.6 is 11.6 Å². The van der Waals surface area contributed by atoms with Crippen molar-refractivity contribution in [2.24, 2.45) is 16.9 Å². The fourth-order valence-corrected chi connectivity index (χ4v) is 5.01. The number of carbonyl (C=O) groups excluding carboxylic acids is 1. The van der Waals surface area contributed by atoms with Crippen LogP contribution in [-0.4, -0.2) is 24.3 Å². The van der Waals surface area contributed by atoms with Crippen molar-refractivity contribution >= 4 is 34.7 Å². The number of esters is 1. The minimum Gasteiger partial charge on any atom is -0.459 e. The molecule has 0 aliphatic heterocycles. The van der Waals surface area contributed by atoms with Gasteiger partial charge in [-0.15, -0.1) is 0 Å². The normalized spacial score (nSPS) is 19.7. The molecular weight excluding hydrogens is 434 g/mol. The van der Waals surface area contributed by atoms with Crippen LogP contribution in [0.1, 0.15) is 74.4 Å². The standard InChI is InChI=1S/C27H34ClN3O2/c1-17(2)33-27(32)21-10-12-23-20(14-21)9-8-18(3)26(23)30-31(16-19-6-4-5-7-19)22-11-13-25(29)24(28)15-22/h10-15,17-19H,4-9,16,29H2,1-3H3/b30-26+.